The number of cyclic esters (lactones) is 1. The fraction of sp³-hybridized carbons (Fsp3) is 0.722. The zero-order chi connectivity index (χ0) is 16.4. The van der Waals surface area contributed by atoms with Gasteiger partial charge in [-0.25, -0.2) is 4.79 Å². The Morgan fingerprint density at radius 1 is 1.27 bits per heavy atom. The van der Waals surface area contributed by atoms with Crippen LogP contribution in [0.2, 0.25) is 0 Å². The molecule has 0 spiro atoms. The molecule has 2 rings (SSSR count). The van der Waals surface area contributed by atoms with Crippen LogP contribution >= 0.6 is 0 Å². The summed E-state index contributed by atoms with van der Waals surface area (Å²) >= 11 is 0. The predicted molar refractivity (Wildman–Crippen MR) is 89.7 cm³/mol. The fourth-order valence-electron chi connectivity index (χ4n) is 3.40. The topological polar surface area (TPSA) is 41.6 Å². The van der Waals surface area contributed by atoms with E-state index in [1.165, 1.54) is 11.1 Å². The molecule has 124 valence electrons. The van der Waals surface area contributed by atoms with Gasteiger partial charge in [0, 0.05) is 13.1 Å². The summed E-state index contributed by atoms with van der Waals surface area (Å²) in [5, 5.41) is 3.45. The molecule has 2 saturated heterocycles. The molecule has 0 aromatic heterocycles. The van der Waals surface area contributed by atoms with Crippen LogP contribution < -0.4 is 5.32 Å². The number of allylic oxidation sites excluding steroid dienone is 4. The van der Waals surface area contributed by atoms with Gasteiger partial charge in [-0.15, -0.1) is 0 Å². The minimum absolute atomic E-state index is 0.181. The third kappa shape index (κ3) is 3.22. The summed E-state index contributed by atoms with van der Waals surface area (Å²) in [5.41, 5.74) is 1.95. The van der Waals surface area contributed by atoms with E-state index < -0.39 is 5.60 Å². The smallest absolute Gasteiger partial charge is 0.412 e. The molecule has 0 aromatic carbocycles. The van der Waals surface area contributed by atoms with E-state index in [2.05, 4.69) is 52.1 Å². The van der Waals surface area contributed by atoms with Gasteiger partial charge in [-0.2, -0.15) is 0 Å². The minimum atomic E-state index is -0.461. The molecule has 22 heavy (non-hydrogen) atoms. The first kappa shape index (κ1) is 17.1. The number of nitrogens with zero attached hydrogens (tertiary/aromatic N) is 1. The summed E-state index contributed by atoms with van der Waals surface area (Å²) in [5.74, 6) is 0. The quantitative estimate of drug-likeness (QED) is 0.754. The van der Waals surface area contributed by atoms with E-state index in [0.717, 1.165) is 38.8 Å². The minimum Gasteiger partial charge on any atom is -0.439 e. The Morgan fingerprint density at radius 3 is 2.68 bits per heavy atom. The molecule has 0 saturated carbocycles. The van der Waals surface area contributed by atoms with Gasteiger partial charge >= 0.3 is 6.09 Å². The number of carbonyl (C=O) groups is 1. The molecule has 2 fully saturated rings. The van der Waals surface area contributed by atoms with E-state index in [9.17, 15) is 4.79 Å². The zero-order valence-electron chi connectivity index (χ0n) is 14.7. The Labute approximate surface area is 134 Å². The summed E-state index contributed by atoms with van der Waals surface area (Å²) in [6.07, 6.45) is 8.37. The lowest BCUT2D eigenvalue weighted by atomic mass is 9.86. The molecule has 2 aliphatic heterocycles. The number of carbonyl (C=O) groups excluding carboxylic acids is 1. The van der Waals surface area contributed by atoms with Crippen molar-refractivity contribution in [2.45, 2.75) is 71.6 Å². The maximum Gasteiger partial charge on any atom is 0.412 e. The lowest BCUT2D eigenvalue weighted by Crippen LogP contribution is -2.58. The van der Waals surface area contributed by atoms with Crippen molar-refractivity contribution in [3.05, 3.63) is 23.3 Å². The highest BCUT2D eigenvalue weighted by Crippen LogP contribution is 2.42. The van der Waals surface area contributed by atoms with Crippen molar-refractivity contribution < 1.29 is 9.53 Å². The van der Waals surface area contributed by atoms with Crippen molar-refractivity contribution in [3.63, 3.8) is 0 Å². The average Bonchev–Trinajstić information content (AvgIpc) is 2.88. The molecule has 2 unspecified atom stereocenters. The highest BCUT2D eigenvalue weighted by molar-refractivity contribution is 5.73. The second-order valence-corrected chi connectivity index (χ2v) is 7.16. The first-order valence-corrected chi connectivity index (χ1v) is 8.33. The molecule has 0 bridgehead atoms. The Bertz CT molecular complexity index is 493. The Hall–Kier alpha value is -1.29. The van der Waals surface area contributed by atoms with E-state index in [-0.39, 0.29) is 11.8 Å². The van der Waals surface area contributed by atoms with Crippen molar-refractivity contribution >= 4 is 6.09 Å². The fourth-order valence-corrected chi connectivity index (χ4v) is 3.40. The zero-order valence-corrected chi connectivity index (χ0v) is 14.7. The molecule has 1 amide bonds. The van der Waals surface area contributed by atoms with Crippen LogP contribution in [0.1, 0.15) is 60.3 Å². The van der Waals surface area contributed by atoms with E-state index in [0.29, 0.717) is 0 Å². The van der Waals surface area contributed by atoms with Crippen molar-refractivity contribution in [1.29, 1.82) is 0 Å². The largest absolute Gasteiger partial charge is 0.439 e. The molecule has 2 heterocycles. The second-order valence-electron chi connectivity index (χ2n) is 7.16. The van der Waals surface area contributed by atoms with Crippen LogP contribution in [0.25, 0.3) is 0 Å². The summed E-state index contributed by atoms with van der Waals surface area (Å²) in [7, 11) is 0. The van der Waals surface area contributed by atoms with Gasteiger partial charge < -0.3 is 4.74 Å². The molecule has 2 atom stereocenters. The molecule has 1 N–H and O–H groups in total. The second kappa shape index (κ2) is 6.45. The van der Waals surface area contributed by atoms with Crippen LogP contribution in [0.3, 0.4) is 0 Å². The highest BCUT2D eigenvalue weighted by Gasteiger charge is 2.61. The Balaban J connectivity index is 1.91. The molecule has 4 nitrogen and oxygen atoms in total. The molecule has 0 aliphatic carbocycles. The summed E-state index contributed by atoms with van der Waals surface area (Å²) in [6.45, 7) is 12.2. The number of amides is 1. The summed E-state index contributed by atoms with van der Waals surface area (Å²) in [6, 6.07) is 0. The van der Waals surface area contributed by atoms with Gasteiger partial charge in [0.2, 0.25) is 0 Å². The molecular formula is C18H30N2O2. The van der Waals surface area contributed by atoms with E-state index in [1.807, 2.05) is 4.90 Å². The van der Waals surface area contributed by atoms with Gasteiger partial charge in [0.1, 0.15) is 11.3 Å². The van der Waals surface area contributed by atoms with Gasteiger partial charge in [0.25, 0.3) is 0 Å². The number of hydrogen-bond donors (Lipinski definition) is 1. The first-order valence-electron chi connectivity index (χ1n) is 8.33. The van der Waals surface area contributed by atoms with Crippen molar-refractivity contribution in [2.24, 2.45) is 0 Å². The van der Waals surface area contributed by atoms with Crippen molar-refractivity contribution in [2.75, 3.05) is 13.1 Å². The third-order valence-electron chi connectivity index (χ3n) is 5.11. The molecule has 2 aliphatic rings. The standard InChI is InChI=1S/C18H30N2O2/c1-14(2)8-6-9-15(3)10-7-11-17(4)18(5)19-12-13-20(18)16(21)22-17/h8,10,19H,6-7,9,11-13H2,1-5H3/b15-10+. The molecule has 0 radical (unpaired) electrons. The third-order valence-corrected chi connectivity index (χ3v) is 5.11. The van der Waals surface area contributed by atoms with Gasteiger partial charge in [-0.1, -0.05) is 23.3 Å². The Kier molecular flexibility index (Phi) is 5.00. The van der Waals surface area contributed by atoms with E-state index in [1.54, 1.807) is 0 Å². The normalized spacial score (nSPS) is 31.2. The van der Waals surface area contributed by atoms with Crippen LogP contribution in [0.4, 0.5) is 4.79 Å². The highest BCUT2D eigenvalue weighted by atomic mass is 16.6. The van der Waals surface area contributed by atoms with E-state index >= 15 is 0 Å². The summed E-state index contributed by atoms with van der Waals surface area (Å²) in [4.78, 5) is 13.9. The average molecular weight is 306 g/mol. The van der Waals surface area contributed by atoms with Gasteiger partial charge in [-0.3, -0.25) is 10.2 Å². The maximum absolute atomic E-state index is 12.0. The Morgan fingerprint density at radius 2 is 2.00 bits per heavy atom. The molecular weight excluding hydrogens is 276 g/mol. The van der Waals surface area contributed by atoms with Crippen LogP contribution in [0, 0.1) is 0 Å². The number of rotatable bonds is 6. The number of ether oxygens (including phenoxy) is 1. The monoisotopic (exact) mass is 306 g/mol. The SMILES string of the molecule is CC(C)=CCC/C(C)=C/CCC1(C)OC(=O)N2CCNC21C. The number of nitrogens with one attached hydrogen (secondary N) is 1. The van der Waals surface area contributed by atoms with E-state index in [4.69, 9.17) is 4.74 Å². The van der Waals surface area contributed by atoms with Gasteiger partial charge in [0.05, 0.1) is 0 Å². The van der Waals surface area contributed by atoms with Gasteiger partial charge in [0.15, 0.2) is 0 Å². The predicted octanol–water partition coefficient (Wildman–Crippen LogP) is 3.99. The first-order chi connectivity index (χ1) is 10.3. The van der Waals surface area contributed by atoms with Crippen LogP contribution in [0.5, 0.6) is 0 Å². The number of hydrogen-bond acceptors (Lipinski definition) is 3. The van der Waals surface area contributed by atoms with Crippen LogP contribution in [0.15, 0.2) is 23.3 Å². The van der Waals surface area contributed by atoms with Crippen molar-refractivity contribution in [3.8, 4) is 0 Å². The van der Waals surface area contributed by atoms with Crippen LogP contribution in [-0.4, -0.2) is 35.3 Å². The summed E-state index contributed by atoms with van der Waals surface area (Å²) < 4.78 is 5.70. The van der Waals surface area contributed by atoms with Crippen molar-refractivity contribution in [1.82, 2.24) is 10.2 Å². The molecule has 4 heteroatoms. The maximum atomic E-state index is 12.0. The lowest BCUT2D eigenvalue weighted by Gasteiger charge is -2.37. The van der Waals surface area contributed by atoms with Gasteiger partial charge in [-0.05, 0) is 60.3 Å². The number of fused-ring (bicyclic) bond motifs is 1. The molecule has 0 aromatic rings. The lowest BCUT2D eigenvalue weighted by molar-refractivity contribution is -0.00174. The van der Waals surface area contributed by atoms with Crippen LogP contribution in [-0.2, 0) is 4.74 Å².